The summed E-state index contributed by atoms with van der Waals surface area (Å²) in [5, 5.41) is 34.1. The number of carbonyl (C=O) groups is 2. The molecular weight excluding hydrogens is 556 g/mol. The van der Waals surface area contributed by atoms with E-state index in [2.05, 4.69) is 6.08 Å². The van der Waals surface area contributed by atoms with Crippen LogP contribution in [0.2, 0.25) is 0 Å². The molecule has 0 aromatic rings. The van der Waals surface area contributed by atoms with E-state index in [1.165, 1.54) is 13.8 Å². The van der Waals surface area contributed by atoms with Crippen molar-refractivity contribution in [1.29, 1.82) is 0 Å². The second-order valence-corrected chi connectivity index (χ2v) is 13.4. The van der Waals surface area contributed by atoms with Crippen molar-refractivity contribution >= 4 is 11.9 Å². The molecule has 13 atom stereocenters. The van der Waals surface area contributed by atoms with Crippen molar-refractivity contribution in [3.8, 4) is 0 Å². The van der Waals surface area contributed by atoms with Gasteiger partial charge in [0.05, 0.1) is 30.3 Å². The Kier molecular flexibility index (Phi) is 13.6. The predicted octanol–water partition coefficient (Wildman–Crippen LogP) is 2.35. The van der Waals surface area contributed by atoms with Gasteiger partial charge in [0.25, 0.3) is 0 Å². The monoisotopic (exact) mass is 614 g/mol. The smallest absolute Gasteiger partial charge is 0.311 e. The van der Waals surface area contributed by atoms with Gasteiger partial charge in [0.2, 0.25) is 0 Å². The number of cyclic esters (lactones) is 1. The van der Waals surface area contributed by atoms with E-state index < -0.39 is 72.2 Å². The van der Waals surface area contributed by atoms with Crippen LogP contribution in [-0.2, 0) is 28.5 Å². The van der Waals surface area contributed by atoms with E-state index in [-0.39, 0.29) is 24.5 Å². The van der Waals surface area contributed by atoms with Gasteiger partial charge in [0, 0.05) is 25.4 Å². The molecule has 0 aliphatic carbocycles. The van der Waals surface area contributed by atoms with Crippen LogP contribution in [0.5, 0.6) is 0 Å². The molecule has 0 spiro atoms. The van der Waals surface area contributed by atoms with Crippen LogP contribution < -0.4 is 0 Å². The Morgan fingerprint density at radius 1 is 1.19 bits per heavy atom. The number of nitrogens with zero attached hydrogens (tertiary/aromatic N) is 2. The first kappa shape index (κ1) is 37.6. The molecule has 0 aromatic heterocycles. The van der Waals surface area contributed by atoms with Gasteiger partial charge in [-0.3, -0.25) is 9.59 Å². The Morgan fingerprint density at radius 2 is 1.79 bits per heavy atom. The molecule has 1 saturated heterocycles. The summed E-state index contributed by atoms with van der Waals surface area (Å²) in [6.07, 6.45) is -2.93. The molecule has 0 saturated carbocycles. The number of likely N-dealkylation sites (N-methyl/N-ethyl adjacent to an activating group) is 2. The fraction of sp³-hybridized carbons (Fsp3) is 0.875. The summed E-state index contributed by atoms with van der Waals surface area (Å²) < 4.78 is 24.4. The first-order chi connectivity index (χ1) is 19.8. The highest BCUT2D eigenvalue weighted by Gasteiger charge is 2.47. The molecule has 11 nitrogen and oxygen atoms in total. The third-order valence-corrected chi connectivity index (χ3v) is 9.34. The number of aliphatic hydroxyl groups excluding tert-OH is 2. The lowest BCUT2D eigenvalue weighted by molar-refractivity contribution is -0.275. The first-order valence-corrected chi connectivity index (χ1v) is 15.6. The van der Waals surface area contributed by atoms with E-state index in [0.29, 0.717) is 13.0 Å². The van der Waals surface area contributed by atoms with Crippen molar-refractivity contribution in [2.45, 2.75) is 136 Å². The minimum absolute atomic E-state index is 0.00700. The average molecular weight is 615 g/mol. The summed E-state index contributed by atoms with van der Waals surface area (Å²) in [4.78, 5) is 29.4. The first-order valence-electron chi connectivity index (χ1n) is 15.6. The predicted molar refractivity (Wildman–Crippen MR) is 163 cm³/mol. The lowest BCUT2D eigenvalue weighted by atomic mass is 9.85. The number of aliphatic hydroxyl groups is 3. The van der Waals surface area contributed by atoms with Crippen molar-refractivity contribution in [3.05, 3.63) is 11.6 Å². The van der Waals surface area contributed by atoms with Gasteiger partial charge < -0.3 is 44.1 Å². The highest BCUT2D eigenvalue weighted by Crippen LogP contribution is 2.34. The second-order valence-electron chi connectivity index (χ2n) is 13.4. The summed E-state index contributed by atoms with van der Waals surface area (Å²) >= 11 is 0. The molecule has 11 heteroatoms. The minimum Gasteiger partial charge on any atom is -0.459 e. The van der Waals surface area contributed by atoms with Crippen LogP contribution in [0.15, 0.2) is 11.6 Å². The summed E-state index contributed by atoms with van der Waals surface area (Å²) in [7, 11) is 5.71. The number of carbonyl (C=O) groups excluding carboxylic acids is 2. The van der Waals surface area contributed by atoms with Gasteiger partial charge in [-0.2, -0.15) is 0 Å². The Morgan fingerprint density at radius 3 is 2.33 bits per heavy atom. The maximum absolute atomic E-state index is 13.4. The van der Waals surface area contributed by atoms with E-state index in [4.69, 9.17) is 18.9 Å². The molecule has 43 heavy (non-hydrogen) atoms. The highest BCUT2D eigenvalue weighted by atomic mass is 16.7. The van der Waals surface area contributed by atoms with E-state index in [9.17, 15) is 24.9 Å². The van der Waals surface area contributed by atoms with Gasteiger partial charge >= 0.3 is 11.9 Å². The number of hydrogen-bond acceptors (Lipinski definition) is 11. The molecule has 250 valence electrons. The lowest BCUT2D eigenvalue weighted by Gasteiger charge is -2.44. The van der Waals surface area contributed by atoms with Crippen LogP contribution in [0.1, 0.15) is 75.2 Å². The Balaban J connectivity index is 2.57. The summed E-state index contributed by atoms with van der Waals surface area (Å²) in [5.74, 6) is -2.71. The molecule has 3 N–H and O–H groups in total. The molecular formula is C32H58N2O9. The molecule has 2 heterocycles. The standard InChI is InChI=1S/C32H58N2O9/c1-13-25-32(9,39)29(37)22(7)34(12)16-17(2)14-18(3)27(20(5)26(36)21(6)30(38)42-25)43-31-28(41-23(8)35)24(33(10)11)15-19(4)40-31/h14,17,19-22,24-29,31,36-37,39H,13,15-16H2,1-12H3/b18-14+/t17-,19-,20+,21-,22-,24?,25-,26+,27+,28-,29-,31+,32-/m1/s1. The maximum Gasteiger partial charge on any atom is 0.311 e. The van der Waals surface area contributed by atoms with Gasteiger partial charge in [-0.05, 0) is 80.1 Å². The molecule has 0 aromatic carbocycles. The number of esters is 2. The van der Waals surface area contributed by atoms with Gasteiger partial charge in [0.15, 0.2) is 12.4 Å². The number of ether oxygens (including phenoxy) is 4. The zero-order valence-electron chi connectivity index (χ0n) is 28.3. The van der Waals surface area contributed by atoms with Gasteiger partial charge in [-0.25, -0.2) is 0 Å². The van der Waals surface area contributed by atoms with Gasteiger partial charge in [-0.15, -0.1) is 0 Å². The lowest BCUT2D eigenvalue weighted by Crippen LogP contribution is -2.59. The number of hydrogen-bond donors (Lipinski definition) is 3. The molecule has 0 amide bonds. The fourth-order valence-electron chi connectivity index (χ4n) is 6.52. The molecule has 0 radical (unpaired) electrons. The van der Waals surface area contributed by atoms with Crippen molar-refractivity contribution in [2.75, 3.05) is 27.7 Å². The SMILES string of the molecule is CC[C@H]1OC(=O)[C@H](C)[C@@H](O)[C@H](C)[C@@H](O[C@@H]2O[C@H](C)CC(N(C)C)[C@H]2OC(C)=O)/C(C)=C/[C@@H](C)CN(C)[C@H](C)[C@@H](O)[C@]1(C)O. The topological polar surface area (TPSA) is 138 Å². The van der Waals surface area contributed by atoms with E-state index in [0.717, 1.165) is 5.57 Å². The highest BCUT2D eigenvalue weighted by molar-refractivity contribution is 5.73. The van der Waals surface area contributed by atoms with Gasteiger partial charge in [0.1, 0.15) is 17.8 Å². The normalized spacial score (nSPS) is 44.1. The van der Waals surface area contributed by atoms with Crippen LogP contribution in [0.4, 0.5) is 0 Å². The minimum atomic E-state index is -1.72. The second kappa shape index (κ2) is 15.6. The van der Waals surface area contributed by atoms with Crippen LogP contribution in [0, 0.1) is 17.8 Å². The van der Waals surface area contributed by atoms with Crippen LogP contribution in [0.3, 0.4) is 0 Å². The average Bonchev–Trinajstić information content (AvgIpc) is 2.92. The van der Waals surface area contributed by atoms with Crippen LogP contribution in [-0.4, -0.2) is 125 Å². The molecule has 2 aliphatic heterocycles. The van der Waals surface area contributed by atoms with Crippen molar-refractivity contribution in [3.63, 3.8) is 0 Å². The Labute approximate surface area is 258 Å². The van der Waals surface area contributed by atoms with Crippen molar-refractivity contribution < 1.29 is 43.9 Å². The fourth-order valence-corrected chi connectivity index (χ4v) is 6.52. The summed E-state index contributed by atoms with van der Waals surface area (Å²) in [6.45, 7) is 16.3. The summed E-state index contributed by atoms with van der Waals surface area (Å²) in [5.41, 5.74) is -0.904. The third kappa shape index (κ3) is 9.22. The molecule has 2 aliphatic rings. The molecule has 2 rings (SSSR count). The molecule has 0 bridgehead atoms. The molecule has 1 fully saturated rings. The maximum atomic E-state index is 13.4. The van der Waals surface area contributed by atoms with Crippen LogP contribution in [0.25, 0.3) is 0 Å². The number of rotatable bonds is 5. The molecule has 1 unspecified atom stereocenters. The Hall–Kier alpha value is -1.60. The Bertz CT molecular complexity index is 957. The van der Waals surface area contributed by atoms with E-state index in [1.54, 1.807) is 20.8 Å². The van der Waals surface area contributed by atoms with E-state index >= 15 is 0 Å². The quantitative estimate of drug-likeness (QED) is 0.311. The van der Waals surface area contributed by atoms with Crippen molar-refractivity contribution in [1.82, 2.24) is 9.80 Å². The van der Waals surface area contributed by atoms with Crippen molar-refractivity contribution in [2.24, 2.45) is 17.8 Å². The van der Waals surface area contributed by atoms with E-state index in [1.807, 2.05) is 58.6 Å². The largest absolute Gasteiger partial charge is 0.459 e. The third-order valence-electron chi connectivity index (χ3n) is 9.34. The zero-order valence-corrected chi connectivity index (χ0v) is 28.3. The zero-order chi connectivity index (χ0) is 33.0. The van der Waals surface area contributed by atoms with Crippen LogP contribution >= 0.6 is 0 Å². The van der Waals surface area contributed by atoms with Gasteiger partial charge in [-0.1, -0.05) is 26.8 Å². The summed E-state index contributed by atoms with van der Waals surface area (Å²) in [6, 6.07) is -0.611.